The van der Waals surface area contributed by atoms with Crippen LogP contribution in [-0.4, -0.2) is 41.7 Å². The third-order valence-electron chi connectivity index (χ3n) is 3.86. The van der Waals surface area contributed by atoms with Gasteiger partial charge < -0.3 is 15.4 Å². The van der Waals surface area contributed by atoms with Crippen LogP contribution in [0.3, 0.4) is 0 Å². The molecule has 0 aliphatic heterocycles. The second-order valence-corrected chi connectivity index (χ2v) is 7.77. The number of halogens is 1. The molecule has 0 aliphatic carbocycles. The molecule has 28 heavy (non-hydrogen) atoms. The highest BCUT2D eigenvalue weighted by Crippen LogP contribution is 2.17. The number of hydrogen-bond acceptors (Lipinski definition) is 3. The fraction of sp³-hybridized carbons (Fsp3) is 0.381. The molecule has 5 nitrogen and oxygen atoms in total. The van der Waals surface area contributed by atoms with Gasteiger partial charge in [-0.25, -0.2) is 4.99 Å². The highest BCUT2D eigenvalue weighted by Gasteiger charge is 2.07. The van der Waals surface area contributed by atoms with Gasteiger partial charge >= 0.3 is 0 Å². The van der Waals surface area contributed by atoms with Crippen molar-refractivity contribution in [3.63, 3.8) is 0 Å². The molecule has 2 unspecified atom stereocenters. The number of nitrogens with zero attached hydrogens (tertiary/aromatic N) is 1. The van der Waals surface area contributed by atoms with E-state index < -0.39 is 10.8 Å². The molecule has 2 atom stereocenters. The maximum absolute atomic E-state index is 12.3. The third kappa shape index (κ3) is 8.60. The topological polar surface area (TPSA) is 62.7 Å². The van der Waals surface area contributed by atoms with Gasteiger partial charge in [-0.1, -0.05) is 36.4 Å². The van der Waals surface area contributed by atoms with Crippen LogP contribution in [0, 0.1) is 6.92 Å². The largest absolute Gasteiger partial charge is 0.489 e. The summed E-state index contributed by atoms with van der Waals surface area (Å²) >= 11 is 0. The van der Waals surface area contributed by atoms with E-state index >= 15 is 0 Å². The third-order valence-corrected chi connectivity index (χ3v) is 5.23. The van der Waals surface area contributed by atoms with Crippen LogP contribution in [-0.2, 0) is 10.8 Å². The van der Waals surface area contributed by atoms with Crippen LogP contribution in [0.2, 0.25) is 0 Å². The first-order valence-electron chi connectivity index (χ1n) is 9.28. The number of rotatable bonds is 9. The molecule has 2 aromatic rings. The van der Waals surface area contributed by atoms with E-state index in [4.69, 9.17) is 4.74 Å². The lowest BCUT2D eigenvalue weighted by atomic mass is 10.2. The summed E-state index contributed by atoms with van der Waals surface area (Å²) in [6.45, 7) is 7.94. The smallest absolute Gasteiger partial charge is 0.191 e. The highest BCUT2D eigenvalue weighted by molar-refractivity contribution is 14.0. The first kappa shape index (κ1) is 24.4. The van der Waals surface area contributed by atoms with Gasteiger partial charge in [-0.2, -0.15) is 0 Å². The fourth-order valence-corrected chi connectivity index (χ4v) is 3.44. The van der Waals surface area contributed by atoms with Gasteiger partial charge in [0.25, 0.3) is 0 Å². The van der Waals surface area contributed by atoms with Gasteiger partial charge in [-0.15, -0.1) is 24.0 Å². The Morgan fingerprint density at radius 2 is 1.79 bits per heavy atom. The zero-order valence-electron chi connectivity index (χ0n) is 16.7. The Kier molecular flexibility index (Phi) is 11.8. The lowest BCUT2D eigenvalue weighted by Gasteiger charge is -2.16. The first-order chi connectivity index (χ1) is 13.1. The van der Waals surface area contributed by atoms with Gasteiger partial charge in [0.05, 0.1) is 17.3 Å². The summed E-state index contributed by atoms with van der Waals surface area (Å²) < 4.78 is 18.2. The van der Waals surface area contributed by atoms with Crippen LogP contribution in [0.25, 0.3) is 0 Å². The Balaban J connectivity index is 0.00000392. The van der Waals surface area contributed by atoms with Crippen LogP contribution in [0.1, 0.15) is 19.4 Å². The number of para-hydroxylation sites is 1. The van der Waals surface area contributed by atoms with Crippen LogP contribution >= 0.6 is 24.0 Å². The molecule has 7 heteroatoms. The van der Waals surface area contributed by atoms with Crippen molar-refractivity contribution in [1.29, 1.82) is 0 Å². The minimum absolute atomic E-state index is 0. The molecule has 0 heterocycles. The van der Waals surface area contributed by atoms with Gasteiger partial charge in [-0.3, -0.25) is 4.21 Å². The van der Waals surface area contributed by atoms with Crippen LogP contribution in [0.15, 0.2) is 64.5 Å². The average molecular weight is 515 g/mol. The second-order valence-electron chi connectivity index (χ2n) is 6.20. The van der Waals surface area contributed by atoms with Crippen molar-refractivity contribution in [2.45, 2.75) is 31.8 Å². The predicted octanol–water partition coefficient (Wildman–Crippen LogP) is 3.74. The summed E-state index contributed by atoms with van der Waals surface area (Å²) in [6.07, 6.45) is -0.0417. The number of nitrogens with one attached hydrogen (secondary N) is 2. The number of ether oxygens (including phenoxy) is 1. The minimum atomic E-state index is -1.02. The number of guanidine groups is 1. The molecule has 154 valence electrons. The summed E-state index contributed by atoms with van der Waals surface area (Å²) in [5.74, 6) is 2.13. The van der Waals surface area contributed by atoms with E-state index in [1.54, 1.807) is 0 Å². The summed E-state index contributed by atoms with van der Waals surface area (Å²) in [7, 11) is -1.02. The summed E-state index contributed by atoms with van der Waals surface area (Å²) in [5, 5.41) is 6.45. The molecule has 0 aromatic heterocycles. The second kappa shape index (κ2) is 13.5. The molecule has 0 spiro atoms. The lowest BCUT2D eigenvalue weighted by molar-refractivity contribution is 0.228. The Morgan fingerprint density at radius 3 is 2.46 bits per heavy atom. The van der Waals surface area contributed by atoms with Crippen molar-refractivity contribution >= 4 is 40.7 Å². The maximum atomic E-state index is 12.3. The van der Waals surface area contributed by atoms with Crippen molar-refractivity contribution in [3.05, 3.63) is 60.2 Å². The molecule has 0 bridgehead atoms. The van der Waals surface area contributed by atoms with Crippen molar-refractivity contribution in [1.82, 2.24) is 10.6 Å². The number of benzene rings is 2. The minimum Gasteiger partial charge on any atom is -0.489 e. The van der Waals surface area contributed by atoms with E-state index in [-0.39, 0.29) is 30.1 Å². The van der Waals surface area contributed by atoms with E-state index in [0.29, 0.717) is 24.8 Å². The summed E-state index contributed by atoms with van der Waals surface area (Å²) in [5.41, 5.74) is 1.11. The highest BCUT2D eigenvalue weighted by atomic mass is 127. The first-order valence-corrected chi connectivity index (χ1v) is 10.6. The van der Waals surface area contributed by atoms with E-state index in [0.717, 1.165) is 22.8 Å². The average Bonchev–Trinajstić information content (AvgIpc) is 2.68. The Morgan fingerprint density at radius 1 is 1.11 bits per heavy atom. The van der Waals surface area contributed by atoms with E-state index in [2.05, 4.69) is 15.6 Å². The number of aliphatic imine (C=N–C) groups is 1. The Hall–Kier alpha value is -1.61. The van der Waals surface area contributed by atoms with E-state index in [1.807, 2.05) is 75.4 Å². The van der Waals surface area contributed by atoms with Crippen LogP contribution < -0.4 is 15.4 Å². The molecule has 0 fully saturated rings. The predicted molar refractivity (Wildman–Crippen MR) is 128 cm³/mol. The molecular formula is C21H30IN3O2S. The van der Waals surface area contributed by atoms with Gasteiger partial charge in [0.15, 0.2) is 5.96 Å². The molecule has 2 N–H and O–H groups in total. The molecule has 0 saturated carbocycles. The van der Waals surface area contributed by atoms with Gasteiger partial charge in [-0.05, 0) is 44.5 Å². The van der Waals surface area contributed by atoms with E-state index in [1.165, 1.54) is 0 Å². The summed E-state index contributed by atoms with van der Waals surface area (Å²) in [6, 6.07) is 17.5. The molecule has 0 amide bonds. The van der Waals surface area contributed by atoms with Crippen LogP contribution in [0.4, 0.5) is 0 Å². The normalized spacial score (nSPS) is 13.2. The van der Waals surface area contributed by atoms with Crippen LogP contribution in [0.5, 0.6) is 5.75 Å². The van der Waals surface area contributed by atoms with Gasteiger partial charge in [0.2, 0.25) is 0 Å². The Bertz CT molecular complexity index is 756. The standard InChI is InChI=1S/C21H29N3O2S.HI/c1-4-22-21(23-14-15-27(25)19-11-6-5-7-12-19)24-16-18(3)26-20-13-9-8-10-17(20)2;/h5-13,18H,4,14-16H2,1-3H3,(H2,22,23,24);1H. The lowest BCUT2D eigenvalue weighted by Crippen LogP contribution is -2.39. The zero-order valence-corrected chi connectivity index (χ0v) is 19.8. The maximum Gasteiger partial charge on any atom is 0.191 e. The molecular weight excluding hydrogens is 485 g/mol. The van der Waals surface area contributed by atoms with Gasteiger partial charge in [0, 0.05) is 23.7 Å². The van der Waals surface area contributed by atoms with Crippen molar-refractivity contribution in [3.8, 4) is 5.75 Å². The monoisotopic (exact) mass is 515 g/mol. The molecule has 2 aromatic carbocycles. The molecule has 0 radical (unpaired) electrons. The van der Waals surface area contributed by atoms with Gasteiger partial charge in [0.1, 0.15) is 11.9 Å². The molecule has 2 rings (SSSR count). The quantitative estimate of drug-likeness (QED) is 0.304. The molecule has 0 saturated heterocycles. The Labute approximate surface area is 187 Å². The number of hydrogen-bond donors (Lipinski definition) is 2. The SMILES string of the molecule is CCNC(=NCC(C)Oc1ccccc1C)NCCS(=O)c1ccccc1.I. The summed E-state index contributed by atoms with van der Waals surface area (Å²) in [4.78, 5) is 5.43. The van der Waals surface area contributed by atoms with Crippen molar-refractivity contribution < 1.29 is 8.95 Å². The van der Waals surface area contributed by atoms with E-state index in [9.17, 15) is 4.21 Å². The fourth-order valence-electron chi connectivity index (χ4n) is 2.46. The van der Waals surface area contributed by atoms with Crippen molar-refractivity contribution in [2.75, 3.05) is 25.4 Å². The van der Waals surface area contributed by atoms with Crippen molar-refractivity contribution in [2.24, 2.45) is 4.99 Å². The number of aryl methyl sites for hydroxylation is 1. The zero-order chi connectivity index (χ0) is 19.5. The molecule has 0 aliphatic rings.